The van der Waals surface area contributed by atoms with E-state index in [1.807, 2.05) is 0 Å². The third-order valence-electron chi connectivity index (χ3n) is 4.14. The molecule has 1 amide bonds. The molecule has 7 N–H and O–H groups in total. The number of carbonyl (C=O) groups excluding carboxylic acids is 1. The molecule has 2 atom stereocenters. The monoisotopic (exact) mass is 367 g/mol. The summed E-state index contributed by atoms with van der Waals surface area (Å²) in [7, 11) is 0. The number of hydrogen-bond donors (Lipinski definition) is 6. The fourth-order valence-electron chi connectivity index (χ4n) is 2.78. The lowest BCUT2D eigenvalue weighted by Crippen LogP contribution is -2.41. The molecule has 1 aliphatic heterocycles. The van der Waals surface area contributed by atoms with Crippen molar-refractivity contribution in [3.8, 4) is 0 Å². The third-order valence-corrected chi connectivity index (χ3v) is 4.14. The second kappa shape index (κ2) is 8.32. The summed E-state index contributed by atoms with van der Waals surface area (Å²) in [6, 6.07) is -1.24. The van der Waals surface area contributed by atoms with Gasteiger partial charge in [0.2, 0.25) is 11.9 Å². The minimum atomic E-state index is -1.27. The van der Waals surface area contributed by atoms with Crippen molar-refractivity contribution in [1.29, 1.82) is 0 Å². The van der Waals surface area contributed by atoms with Crippen molar-refractivity contribution in [3.63, 3.8) is 0 Å². The van der Waals surface area contributed by atoms with E-state index in [2.05, 4.69) is 20.6 Å². The van der Waals surface area contributed by atoms with Gasteiger partial charge >= 0.3 is 11.9 Å². The van der Waals surface area contributed by atoms with Crippen molar-refractivity contribution in [2.45, 2.75) is 38.1 Å². The van der Waals surface area contributed by atoms with E-state index >= 15 is 0 Å². The van der Waals surface area contributed by atoms with Gasteiger partial charge in [0.15, 0.2) is 0 Å². The maximum Gasteiger partial charge on any atom is 0.326 e. The first-order valence-corrected chi connectivity index (χ1v) is 8.12. The molecule has 0 fully saturated rings. The zero-order valence-corrected chi connectivity index (χ0v) is 13.9. The van der Waals surface area contributed by atoms with Crippen molar-refractivity contribution < 1.29 is 24.6 Å². The van der Waals surface area contributed by atoms with Crippen LogP contribution >= 0.6 is 0 Å². The number of carboxylic acids is 2. The molecule has 0 unspecified atom stereocenters. The van der Waals surface area contributed by atoms with Gasteiger partial charge in [0.25, 0.3) is 5.56 Å². The predicted octanol–water partition coefficient (Wildman–Crippen LogP) is -0.849. The molecule has 2 rings (SSSR count). The fraction of sp³-hybridized carbons (Fsp3) is 0.533. The van der Waals surface area contributed by atoms with Gasteiger partial charge in [-0.25, -0.2) is 4.79 Å². The summed E-state index contributed by atoms with van der Waals surface area (Å²) in [5, 5.41) is 23.0. The lowest BCUT2D eigenvalue weighted by Gasteiger charge is -2.24. The molecule has 0 bridgehead atoms. The molecular formula is C15H21N5O6. The van der Waals surface area contributed by atoms with E-state index in [0.29, 0.717) is 30.8 Å². The molecule has 1 aromatic rings. The average Bonchev–Trinajstić information content (AvgIpc) is 2.56. The number of rotatable bonds is 8. The highest BCUT2D eigenvalue weighted by atomic mass is 16.4. The van der Waals surface area contributed by atoms with Crippen LogP contribution in [0, 0.1) is 5.92 Å². The lowest BCUT2D eigenvalue weighted by atomic mass is 9.92. The van der Waals surface area contributed by atoms with Crippen LogP contribution in [0.2, 0.25) is 0 Å². The van der Waals surface area contributed by atoms with Crippen LogP contribution in [0.15, 0.2) is 4.79 Å². The number of fused-ring (bicyclic) bond motifs is 1. The van der Waals surface area contributed by atoms with Crippen LogP contribution in [0.4, 0.5) is 11.8 Å². The highest BCUT2D eigenvalue weighted by Gasteiger charge is 2.25. The van der Waals surface area contributed by atoms with Gasteiger partial charge in [-0.3, -0.25) is 19.4 Å². The Morgan fingerprint density at radius 3 is 2.69 bits per heavy atom. The van der Waals surface area contributed by atoms with Gasteiger partial charge in [-0.05, 0) is 25.2 Å². The van der Waals surface area contributed by atoms with E-state index in [9.17, 15) is 19.2 Å². The molecule has 0 radical (unpaired) electrons. The quantitative estimate of drug-likeness (QED) is 0.340. The van der Waals surface area contributed by atoms with Crippen LogP contribution < -0.4 is 21.9 Å². The number of aliphatic carboxylic acids is 2. The van der Waals surface area contributed by atoms with E-state index in [1.54, 1.807) is 0 Å². The molecule has 0 aromatic carbocycles. The van der Waals surface area contributed by atoms with Gasteiger partial charge in [-0.2, -0.15) is 4.98 Å². The molecular weight excluding hydrogens is 346 g/mol. The van der Waals surface area contributed by atoms with Gasteiger partial charge in [-0.15, -0.1) is 0 Å². The van der Waals surface area contributed by atoms with Gasteiger partial charge in [0, 0.05) is 19.4 Å². The Morgan fingerprint density at radius 1 is 1.31 bits per heavy atom. The predicted molar refractivity (Wildman–Crippen MR) is 90.6 cm³/mol. The smallest absolute Gasteiger partial charge is 0.326 e. The van der Waals surface area contributed by atoms with Gasteiger partial charge in [0.05, 0.1) is 5.56 Å². The molecule has 0 saturated carbocycles. The van der Waals surface area contributed by atoms with Gasteiger partial charge in [0.1, 0.15) is 11.9 Å². The van der Waals surface area contributed by atoms with Crippen molar-refractivity contribution in [2.75, 3.05) is 17.6 Å². The first-order valence-electron chi connectivity index (χ1n) is 8.12. The number of carboxylic acid groups (broad SMARTS) is 2. The largest absolute Gasteiger partial charge is 0.481 e. The van der Waals surface area contributed by atoms with Gasteiger partial charge < -0.3 is 26.6 Å². The fourth-order valence-corrected chi connectivity index (χ4v) is 2.78. The average molecular weight is 367 g/mol. The maximum absolute atomic E-state index is 12.0. The minimum Gasteiger partial charge on any atom is -0.481 e. The van der Waals surface area contributed by atoms with Crippen molar-refractivity contribution >= 4 is 29.6 Å². The van der Waals surface area contributed by atoms with Crippen molar-refractivity contribution in [1.82, 2.24) is 15.3 Å². The molecule has 0 spiro atoms. The Labute approximate surface area is 148 Å². The molecule has 142 valence electrons. The first kappa shape index (κ1) is 19.2. The zero-order valence-electron chi connectivity index (χ0n) is 13.9. The molecule has 0 aliphatic carbocycles. The highest BCUT2D eigenvalue weighted by Crippen LogP contribution is 2.23. The summed E-state index contributed by atoms with van der Waals surface area (Å²) < 4.78 is 0. The number of aromatic amines is 1. The Morgan fingerprint density at radius 2 is 2.04 bits per heavy atom. The SMILES string of the molecule is Nc1nc2c(c(=O)[nH]1)C[C@H](CCC(=O)N[C@@H](CCC(=O)O)C(=O)O)CN2. The topological polar surface area (TPSA) is 187 Å². The summed E-state index contributed by atoms with van der Waals surface area (Å²) >= 11 is 0. The number of nitrogens with zero attached hydrogens (tertiary/aromatic N) is 1. The number of aromatic nitrogens is 2. The Kier molecular flexibility index (Phi) is 6.15. The third kappa shape index (κ3) is 5.19. The molecule has 26 heavy (non-hydrogen) atoms. The normalized spacial score (nSPS) is 16.8. The van der Waals surface area contributed by atoms with E-state index in [0.717, 1.165) is 0 Å². The lowest BCUT2D eigenvalue weighted by molar-refractivity contribution is -0.143. The zero-order chi connectivity index (χ0) is 19.3. The second-order valence-corrected chi connectivity index (χ2v) is 6.16. The highest BCUT2D eigenvalue weighted by molar-refractivity contribution is 5.83. The molecule has 0 saturated heterocycles. The van der Waals surface area contributed by atoms with Crippen LogP contribution in [0.1, 0.15) is 31.2 Å². The van der Waals surface area contributed by atoms with E-state index in [-0.39, 0.29) is 36.7 Å². The number of carbonyl (C=O) groups is 3. The Balaban J connectivity index is 1.86. The first-order chi connectivity index (χ1) is 12.3. The second-order valence-electron chi connectivity index (χ2n) is 6.16. The molecule has 11 heteroatoms. The van der Waals surface area contributed by atoms with Gasteiger partial charge in [-0.1, -0.05) is 0 Å². The summed E-state index contributed by atoms with van der Waals surface area (Å²) in [6.45, 7) is 0.511. The number of nitrogens with two attached hydrogens (primary N) is 1. The summed E-state index contributed by atoms with van der Waals surface area (Å²) in [5.74, 6) is -2.41. The molecule has 11 nitrogen and oxygen atoms in total. The van der Waals surface area contributed by atoms with Crippen LogP contribution in [-0.4, -0.2) is 50.6 Å². The number of H-pyrrole nitrogens is 1. The minimum absolute atomic E-state index is 0.00192. The number of hydrogen-bond acceptors (Lipinski definition) is 7. The standard InChI is InChI=1S/C15H21N5O6/c16-15-19-12-8(13(24)20-15)5-7(6-17-12)1-3-10(21)18-9(14(25)26)2-4-11(22)23/h7,9H,1-6H2,(H,18,21)(H,22,23)(H,25,26)(H4,16,17,19,20,24)/t7-,9-/m0/s1. The van der Waals surface area contributed by atoms with E-state index < -0.39 is 23.9 Å². The summed E-state index contributed by atoms with van der Waals surface area (Å²) in [5.41, 5.74) is 5.63. The maximum atomic E-state index is 12.0. The van der Waals surface area contributed by atoms with Crippen LogP contribution in [0.5, 0.6) is 0 Å². The Hall–Kier alpha value is -3.11. The van der Waals surface area contributed by atoms with Crippen LogP contribution in [0.25, 0.3) is 0 Å². The molecule has 2 heterocycles. The summed E-state index contributed by atoms with van der Waals surface area (Å²) in [4.78, 5) is 51.9. The van der Waals surface area contributed by atoms with E-state index in [1.165, 1.54) is 0 Å². The van der Waals surface area contributed by atoms with Crippen molar-refractivity contribution in [3.05, 3.63) is 15.9 Å². The van der Waals surface area contributed by atoms with Crippen LogP contribution in [0.3, 0.4) is 0 Å². The number of nitrogen functional groups attached to an aromatic ring is 1. The van der Waals surface area contributed by atoms with Crippen LogP contribution in [-0.2, 0) is 20.8 Å². The number of anilines is 2. The van der Waals surface area contributed by atoms with Crippen molar-refractivity contribution in [2.24, 2.45) is 5.92 Å². The van der Waals surface area contributed by atoms with E-state index in [4.69, 9.17) is 15.9 Å². The number of amides is 1. The summed E-state index contributed by atoms with van der Waals surface area (Å²) in [6.07, 6.45) is 0.405. The molecule has 1 aromatic heterocycles. The molecule has 1 aliphatic rings. The number of nitrogens with one attached hydrogen (secondary N) is 3. The Bertz CT molecular complexity index is 761.